The molecule has 0 bridgehead atoms. The second kappa shape index (κ2) is 5.54. The zero-order chi connectivity index (χ0) is 14.9. The van der Waals surface area contributed by atoms with Crippen molar-refractivity contribution in [2.24, 2.45) is 7.05 Å². The Labute approximate surface area is 122 Å². The Balaban J connectivity index is 2.70. The second-order valence-corrected chi connectivity index (χ2v) is 4.77. The molecule has 2 aromatic rings. The van der Waals surface area contributed by atoms with Crippen molar-refractivity contribution in [1.29, 1.82) is 0 Å². The smallest absolute Gasteiger partial charge is 0.276 e. The van der Waals surface area contributed by atoms with Crippen molar-refractivity contribution in [3.05, 3.63) is 39.3 Å². The largest absolute Gasteiger partial charge is 0.497 e. The summed E-state index contributed by atoms with van der Waals surface area (Å²) in [6.45, 7) is 1.90. The Hall–Kier alpha value is -2.01. The van der Waals surface area contributed by atoms with Crippen LogP contribution in [0.4, 0.5) is 5.69 Å². The van der Waals surface area contributed by atoms with Crippen molar-refractivity contribution in [3.63, 3.8) is 0 Å². The van der Waals surface area contributed by atoms with Crippen LogP contribution in [0.2, 0.25) is 5.02 Å². The van der Waals surface area contributed by atoms with Crippen molar-refractivity contribution < 1.29 is 4.74 Å². The van der Waals surface area contributed by atoms with Crippen LogP contribution in [0.3, 0.4) is 0 Å². The highest BCUT2D eigenvalue weighted by Gasteiger charge is 2.15. The lowest BCUT2D eigenvalue weighted by molar-refractivity contribution is 0.415. The van der Waals surface area contributed by atoms with Crippen molar-refractivity contribution in [1.82, 2.24) is 9.55 Å². The maximum absolute atomic E-state index is 12.1. The van der Waals surface area contributed by atoms with Gasteiger partial charge in [-0.05, 0) is 24.6 Å². The molecule has 0 aliphatic heterocycles. The first-order chi connectivity index (χ1) is 9.49. The molecular formula is C14H16ClN3O2. The molecule has 0 saturated carbocycles. The first kappa shape index (κ1) is 14.4. The van der Waals surface area contributed by atoms with Crippen LogP contribution in [-0.2, 0) is 13.5 Å². The van der Waals surface area contributed by atoms with Crippen molar-refractivity contribution in [2.75, 3.05) is 12.8 Å². The van der Waals surface area contributed by atoms with Gasteiger partial charge in [0, 0.05) is 12.6 Å². The van der Waals surface area contributed by atoms with Crippen LogP contribution >= 0.6 is 11.6 Å². The van der Waals surface area contributed by atoms with Crippen molar-refractivity contribution >= 4 is 17.3 Å². The number of nitrogens with zero attached hydrogens (tertiary/aromatic N) is 2. The van der Waals surface area contributed by atoms with Crippen molar-refractivity contribution in [3.8, 4) is 17.1 Å². The van der Waals surface area contributed by atoms with Crippen LogP contribution in [0.5, 0.6) is 5.75 Å². The van der Waals surface area contributed by atoms with Gasteiger partial charge in [0.2, 0.25) is 0 Å². The van der Waals surface area contributed by atoms with Gasteiger partial charge in [0.25, 0.3) is 5.56 Å². The minimum atomic E-state index is -0.265. The summed E-state index contributed by atoms with van der Waals surface area (Å²) in [7, 11) is 3.19. The van der Waals surface area contributed by atoms with E-state index in [0.29, 0.717) is 34.3 Å². The van der Waals surface area contributed by atoms with Crippen LogP contribution in [0.25, 0.3) is 11.4 Å². The molecule has 0 fully saturated rings. The van der Waals surface area contributed by atoms with E-state index in [1.165, 1.54) is 4.57 Å². The predicted molar refractivity (Wildman–Crippen MR) is 80.3 cm³/mol. The molecule has 0 aliphatic rings. The Morgan fingerprint density at radius 2 is 2.15 bits per heavy atom. The standard InChI is InChI=1S/C14H16ClN3O2/c1-4-11-12(16)14(19)18(2)13(17-11)9-6-5-8(20-3)7-10(9)15/h5-7H,4,16H2,1-3H3. The lowest BCUT2D eigenvalue weighted by atomic mass is 10.1. The molecule has 0 saturated heterocycles. The molecule has 106 valence electrons. The maximum Gasteiger partial charge on any atom is 0.276 e. The lowest BCUT2D eigenvalue weighted by Crippen LogP contribution is -2.25. The summed E-state index contributed by atoms with van der Waals surface area (Å²) in [5.74, 6) is 1.14. The summed E-state index contributed by atoms with van der Waals surface area (Å²) in [6, 6.07) is 5.24. The number of anilines is 1. The zero-order valence-electron chi connectivity index (χ0n) is 11.6. The van der Waals surface area contributed by atoms with Crippen LogP contribution in [0, 0.1) is 0 Å². The van der Waals surface area contributed by atoms with E-state index >= 15 is 0 Å². The maximum atomic E-state index is 12.1. The molecule has 0 spiro atoms. The highest BCUT2D eigenvalue weighted by molar-refractivity contribution is 6.33. The third-order valence-corrected chi connectivity index (χ3v) is 3.47. The molecule has 0 aliphatic carbocycles. The summed E-state index contributed by atoms with van der Waals surface area (Å²) in [5.41, 5.74) is 6.94. The lowest BCUT2D eigenvalue weighted by Gasteiger charge is -2.13. The predicted octanol–water partition coefficient (Wildman–Crippen LogP) is 2.25. The number of ether oxygens (including phenoxy) is 1. The van der Waals surface area contributed by atoms with Gasteiger partial charge < -0.3 is 10.5 Å². The summed E-state index contributed by atoms with van der Waals surface area (Å²) >= 11 is 6.24. The van der Waals surface area contributed by atoms with Crippen molar-refractivity contribution in [2.45, 2.75) is 13.3 Å². The number of nitrogens with two attached hydrogens (primary N) is 1. The fourth-order valence-electron chi connectivity index (χ4n) is 1.98. The molecule has 2 rings (SSSR count). The number of nitrogen functional groups attached to an aromatic ring is 1. The quantitative estimate of drug-likeness (QED) is 0.942. The van der Waals surface area contributed by atoms with E-state index in [9.17, 15) is 4.79 Å². The number of aromatic nitrogens is 2. The number of benzene rings is 1. The molecular weight excluding hydrogens is 278 g/mol. The molecule has 1 aromatic heterocycles. The fraction of sp³-hybridized carbons (Fsp3) is 0.286. The Kier molecular flexibility index (Phi) is 3.99. The number of hydrogen-bond donors (Lipinski definition) is 1. The number of halogens is 1. The monoisotopic (exact) mass is 293 g/mol. The van der Waals surface area contributed by atoms with Gasteiger partial charge in [-0.25, -0.2) is 4.98 Å². The summed E-state index contributed by atoms with van der Waals surface area (Å²) in [6.07, 6.45) is 0.586. The molecule has 5 nitrogen and oxygen atoms in total. The van der Waals surface area contributed by atoms with E-state index in [2.05, 4.69) is 4.98 Å². The van der Waals surface area contributed by atoms with E-state index in [0.717, 1.165) is 0 Å². The highest BCUT2D eigenvalue weighted by Crippen LogP contribution is 2.29. The normalized spacial score (nSPS) is 10.6. The summed E-state index contributed by atoms with van der Waals surface area (Å²) in [4.78, 5) is 16.6. The molecule has 1 heterocycles. The Bertz CT molecular complexity index is 710. The third-order valence-electron chi connectivity index (χ3n) is 3.16. The topological polar surface area (TPSA) is 70.1 Å². The fourth-order valence-corrected chi connectivity index (χ4v) is 2.23. The van der Waals surface area contributed by atoms with Gasteiger partial charge in [-0.15, -0.1) is 0 Å². The second-order valence-electron chi connectivity index (χ2n) is 4.36. The van der Waals surface area contributed by atoms with Gasteiger partial charge >= 0.3 is 0 Å². The molecule has 0 atom stereocenters. The minimum absolute atomic E-state index is 0.184. The Morgan fingerprint density at radius 3 is 2.70 bits per heavy atom. The molecule has 20 heavy (non-hydrogen) atoms. The third kappa shape index (κ3) is 2.36. The molecule has 2 N–H and O–H groups in total. The SMILES string of the molecule is CCc1nc(-c2ccc(OC)cc2Cl)n(C)c(=O)c1N. The van der Waals surface area contributed by atoms with Gasteiger partial charge in [0.05, 0.1) is 17.8 Å². The van der Waals surface area contributed by atoms with Crippen LogP contribution in [0.1, 0.15) is 12.6 Å². The van der Waals surface area contributed by atoms with Gasteiger partial charge in [0.1, 0.15) is 17.3 Å². The van der Waals surface area contributed by atoms with E-state index < -0.39 is 0 Å². The molecule has 1 aromatic carbocycles. The summed E-state index contributed by atoms with van der Waals surface area (Å²) in [5, 5.41) is 0.471. The van der Waals surface area contributed by atoms with Gasteiger partial charge in [-0.2, -0.15) is 0 Å². The van der Waals surface area contributed by atoms with E-state index in [1.807, 2.05) is 6.92 Å². The van der Waals surface area contributed by atoms with Gasteiger partial charge in [-0.3, -0.25) is 9.36 Å². The number of aryl methyl sites for hydroxylation is 1. The zero-order valence-corrected chi connectivity index (χ0v) is 12.4. The molecule has 0 amide bonds. The first-order valence-electron chi connectivity index (χ1n) is 6.18. The highest BCUT2D eigenvalue weighted by atomic mass is 35.5. The van der Waals surface area contributed by atoms with E-state index in [-0.39, 0.29) is 11.2 Å². The Morgan fingerprint density at radius 1 is 1.45 bits per heavy atom. The van der Waals surface area contributed by atoms with E-state index in [1.54, 1.807) is 32.4 Å². The van der Waals surface area contributed by atoms with Gasteiger partial charge in [0.15, 0.2) is 0 Å². The minimum Gasteiger partial charge on any atom is -0.497 e. The number of methoxy groups -OCH3 is 1. The van der Waals surface area contributed by atoms with Gasteiger partial charge in [-0.1, -0.05) is 18.5 Å². The van der Waals surface area contributed by atoms with Crippen LogP contribution in [-0.4, -0.2) is 16.7 Å². The van der Waals surface area contributed by atoms with E-state index in [4.69, 9.17) is 22.1 Å². The first-order valence-corrected chi connectivity index (χ1v) is 6.56. The molecule has 6 heteroatoms. The van der Waals surface area contributed by atoms with Crippen LogP contribution < -0.4 is 16.0 Å². The summed E-state index contributed by atoms with van der Waals surface area (Å²) < 4.78 is 6.52. The average molecular weight is 294 g/mol. The van der Waals surface area contributed by atoms with Crippen LogP contribution in [0.15, 0.2) is 23.0 Å². The number of rotatable bonds is 3. The number of hydrogen-bond acceptors (Lipinski definition) is 4. The average Bonchev–Trinajstić information content (AvgIpc) is 2.46. The molecule has 0 unspecified atom stereocenters. The molecule has 0 radical (unpaired) electrons.